The Hall–Kier alpha value is -3.46. The fourth-order valence-corrected chi connectivity index (χ4v) is 3.80. The van der Waals surface area contributed by atoms with Crippen molar-refractivity contribution < 1.29 is 23.9 Å². The van der Waals surface area contributed by atoms with Gasteiger partial charge in [0.2, 0.25) is 0 Å². The number of carbonyl (C=O) groups is 3. The summed E-state index contributed by atoms with van der Waals surface area (Å²) in [6.45, 7) is 7.53. The Morgan fingerprint density at radius 3 is 2.43 bits per heavy atom. The third-order valence-electron chi connectivity index (χ3n) is 5.46. The number of hydrogen-bond acceptors (Lipinski definition) is 6. The first kappa shape index (κ1) is 26.2. The van der Waals surface area contributed by atoms with Gasteiger partial charge in [0, 0.05) is 17.3 Å². The van der Waals surface area contributed by atoms with Gasteiger partial charge in [-0.3, -0.25) is 15.0 Å². The van der Waals surface area contributed by atoms with Crippen LogP contribution in [0.1, 0.15) is 31.9 Å². The lowest BCUT2D eigenvalue weighted by atomic mass is 10.1. The standard InChI is InChI=1S/C25H31ClN4O5/c1-15(2)35-21-11-10-20(12-16(21)3)27-23-28-24(32)30(13-17(4)22(31)34-5)25(33)29(23)14-18-6-8-19(26)9-7-18/h6-12,15,17,23,27H,13-14H2,1-5H3,(H,28,32)/t17-,23?/m0/s1. The highest BCUT2D eigenvalue weighted by atomic mass is 35.5. The number of ether oxygens (including phenoxy) is 2. The van der Waals surface area contributed by atoms with Crippen LogP contribution in [0.25, 0.3) is 0 Å². The van der Waals surface area contributed by atoms with Crippen molar-refractivity contribution in [3.63, 3.8) is 0 Å². The molecule has 2 aromatic rings. The Morgan fingerprint density at radius 1 is 1.14 bits per heavy atom. The molecule has 1 fully saturated rings. The molecule has 0 saturated carbocycles. The molecule has 1 aliphatic heterocycles. The fraction of sp³-hybridized carbons (Fsp3) is 0.400. The van der Waals surface area contributed by atoms with Gasteiger partial charge in [-0.2, -0.15) is 0 Å². The summed E-state index contributed by atoms with van der Waals surface area (Å²) in [5.41, 5.74) is 2.44. The van der Waals surface area contributed by atoms with Crippen LogP contribution in [0.3, 0.4) is 0 Å². The molecule has 1 unspecified atom stereocenters. The fourth-order valence-electron chi connectivity index (χ4n) is 3.68. The zero-order chi connectivity index (χ0) is 25.7. The molecule has 0 bridgehead atoms. The quantitative estimate of drug-likeness (QED) is 0.486. The zero-order valence-electron chi connectivity index (χ0n) is 20.5. The second kappa shape index (κ2) is 11.3. The summed E-state index contributed by atoms with van der Waals surface area (Å²) in [6.07, 6.45) is -0.789. The lowest BCUT2D eigenvalue weighted by Gasteiger charge is -2.42. The van der Waals surface area contributed by atoms with Crippen LogP contribution in [0.4, 0.5) is 15.3 Å². The van der Waals surface area contributed by atoms with Crippen LogP contribution in [0.5, 0.6) is 5.75 Å². The van der Waals surface area contributed by atoms with Gasteiger partial charge in [0.25, 0.3) is 0 Å². The predicted molar refractivity (Wildman–Crippen MR) is 133 cm³/mol. The van der Waals surface area contributed by atoms with Crippen LogP contribution in [-0.4, -0.2) is 53.9 Å². The highest BCUT2D eigenvalue weighted by Crippen LogP contribution is 2.25. The van der Waals surface area contributed by atoms with Crippen molar-refractivity contribution in [2.24, 2.45) is 5.92 Å². The summed E-state index contributed by atoms with van der Waals surface area (Å²) in [5, 5.41) is 6.63. The maximum Gasteiger partial charge on any atom is 0.331 e. The number of methoxy groups -OCH3 is 1. The van der Waals surface area contributed by atoms with E-state index in [1.54, 1.807) is 19.1 Å². The first-order valence-corrected chi connectivity index (χ1v) is 11.7. The van der Waals surface area contributed by atoms with Gasteiger partial charge >= 0.3 is 18.0 Å². The molecule has 10 heteroatoms. The van der Waals surface area contributed by atoms with Crippen molar-refractivity contribution in [2.75, 3.05) is 19.0 Å². The topological polar surface area (TPSA) is 100 Å². The molecule has 1 aliphatic rings. The van der Waals surface area contributed by atoms with E-state index in [0.717, 1.165) is 21.8 Å². The maximum atomic E-state index is 13.4. The molecule has 0 radical (unpaired) electrons. The minimum Gasteiger partial charge on any atom is -0.491 e. The number of aryl methyl sites for hydroxylation is 1. The van der Waals surface area contributed by atoms with Gasteiger partial charge in [-0.25, -0.2) is 14.5 Å². The number of halogens is 1. The number of esters is 1. The zero-order valence-corrected chi connectivity index (χ0v) is 21.3. The monoisotopic (exact) mass is 502 g/mol. The molecular weight excluding hydrogens is 472 g/mol. The number of imide groups is 1. The molecule has 1 heterocycles. The van der Waals surface area contributed by atoms with Crippen molar-refractivity contribution in [3.05, 3.63) is 58.6 Å². The smallest absolute Gasteiger partial charge is 0.331 e. The summed E-state index contributed by atoms with van der Waals surface area (Å²) >= 11 is 6.01. The number of anilines is 1. The Labute approximate surface area is 210 Å². The number of carbonyl (C=O) groups excluding carboxylic acids is 3. The van der Waals surface area contributed by atoms with Gasteiger partial charge in [-0.1, -0.05) is 30.7 Å². The van der Waals surface area contributed by atoms with Crippen LogP contribution in [0.2, 0.25) is 5.02 Å². The van der Waals surface area contributed by atoms with E-state index in [9.17, 15) is 14.4 Å². The number of rotatable bonds is 9. The van der Waals surface area contributed by atoms with E-state index in [-0.39, 0.29) is 19.2 Å². The predicted octanol–water partition coefficient (Wildman–Crippen LogP) is 4.59. The van der Waals surface area contributed by atoms with Crippen LogP contribution in [-0.2, 0) is 16.1 Å². The minimum absolute atomic E-state index is 0.0380. The number of nitrogens with one attached hydrogen (secondary N) is 2. The van der Waals surface area contributed by atoms with Crippen molar-refractivity contribution in [1.29, 1.82) is 0 Å². The average Bonchev–Trinajstić information content (AvgIpc) is 2.81. The molecule has 9 nitrogen and oxygen atoms in total. The molecule has 3 rings (SSSR count). The van der Waals surface area contributed by atoms with E-state index in [2.05, 4.69) is 10.6 Å². The Kier molecular flexibility index (Phi) is 8.45. The second-order valence-electron chi connectivity index (χ2n) is 8.72. The molecule has 0 aliphatic carbocycles. The van der Waals surface area contributed by atoms with Gasteiger partial charge in [0.1, 0.15) is 5.75 Å². The molecule has 0 aromatic heterocycles. The maximum absolute atomic E-state index is 13.4. The summed E-state index contributed by atoms with van der Waals surface area (Å²) in [4.78, 5) is 40.7. The molecule has 188 valence electrons. The Morgan fingerprint density at radius 2 is 1.83 bits per heavy atom. The second-order valence-corrected chi connectivity index (χ2v) is 9.15. The summed E-state index contributed by atoms with van der Waals surface area (Å²) < 4.78 is 10.5. The molecule has 4 amide bonds. The summed E-state index contributed by atoms with van der Waals surface area (Å²) in [5.74, 6) is -0.419. The van der Waals surface area contributed by atoms with Gasteiger partial charge in [-0.15, -0.1) is 0 Å². The largest absolute Gasteiger partial charge is 0.491 e. The summed E-state index contributed by atoms with van der Waals surface area (Å²) in [7, 11) is 1.27. The molecule has 35 heavy (non-hydrogen) atoms. The van der Waals surface area contributed by atoms with Crippen LogP contribution in [0, 0.1) is 12.8 Å². The van der Waals surface area contributed by atoms with E-state index < -0.39 is 30.2 Å². The molecule has 2 atom stereocenters. The number of benzene rings is 2. The van der Waals surface area contributed by atoms with Crippen molar-refractivity contribution in [2.45, 2.75) is 46.6 Å². The first-order chi connectivity index (χ1) is 16.6. The van der Waals surface area contributed by atoms with Crippen LogP contribution < -0.4 is 15.4 Å². The minimum atomic E-state index is -0.827. The molecule has 0 spiro atoms. The average molecular weight is 503 g/mol. The normalized spacial score (nSPS) is 16.7. The van der Waals surface area contributed by atoms with Gasteiger partial charge in [-0.05, 0) is 62.2 Å². The van der Waals surface area contributed by atoms with Gasteiger partial charge in [0.15, 0.2) is 6.29 Å². The Bertz CT molecular complexity index is 1080. The van der Waals surface area contributed by atoms with Gasteiger partial charge < -0.3 is 14.8 Å². The molecular formula is C25H31ClN4O5. The SMILES string of the molecule is COC(=O)[C@@H](C)CN1C(=O)NC(Nc2ccc(OC(C)C)c(C)c2)N(Cc2ccc(Cl)cc2)C1=O. The highest BCUT2D eigenvalue weighted by Gasteiger charge is 2.39. The summed E-state index contributed by atoms with van der Waals surface area (Å²) in [6, 6.07) is 11.5. The molecule has 2 N–H and O–H groups in total. The molecule has 1 saturated heterocycles. The highest BCUT2D eigenvalue weighted by molar-refractivity contribution is 6.30. The number of nitrogens with zero attached hydrogens (tertiary/aromatic N) is 2. The van der Waals surface area contributed by atoms with E-state index >= 15 is 0 Å². The van der Waals surface area contributed by atoms with Crippen molar-refractivity contribution in [1.82, 2.24) is 15.1 Å². The van der Waals surface area contributed by atoms with Crippen molar-refractivity contribution in [3.8, 4) is 5.75 Å². The number of urea groups is 2. The van der Waals surface area contributed by atoms with Crippen LogP contribution >= 0.6 is 11.6 Å². The van der Waals surface area contributed by atoms with E-state index in [1.165, 1.54) is 12.0 Å². The van der Waals surface area contributed by atoms with E-state index in [4.69, 9.17) is 21.1 Å². The van der Waals surface area contributed by atoms with Crippen molar-refractivity contribution >= 4 is 35.3 Å². The van der Waals surface area contributed by atoms with E-state index in [0.29, 0.717) is 10.7 Å². The lowest BCUT2D eigenvalue weighted by molar-refractivity contribution is -0.145. The third kappa shape index (κ3) is 6.57. The first-order valence-electron chi connectivity index (χ1n) is 11.3. The number of amides is 4. The van der Waals surface area contributed by atoms with E-state index in [1.807, 2.05) is 51.1 Å². The van der Waals surface area contributed by atoms with Crippen LogP contribution in [0.15, 0.2) is 42.5 Å². The Balaban J connectivity index is 1.86. The molecule has 2 aromatic carbocycles. The van der Waals surface area contributed by atoms with Gasteiger partial charge in [0.05, 0.1) is 25.7 Å². The third-order valence-corrected chi connectivity index (χ3v) is 5.71. The number of hydrogen-bond donors (Lipinski definition) is 2. The lowest BCUT2D eigenvalue weighted by Crippen LogP contribution is -2.67.